The largest absolute Gasteiger partial charge is 0.494 e. The summed E-state index contributed by atoms with van der Waals surface area (Å²) in [7, 11) is 1.41. The molecule has 1 aromatic carbocycles. The Hall–Kier alpha value is -1.46. The Bertz CT molecular complexity index is 467. The predicted octanol–water partition coefficient (Wildman–Crippen LogP) is 2.66. The number of carbonyl (C=O) groups excluding carboxylic acids is 1. The number of benzene rings is 1. The van der Waals surface area contributed by atoms with Gasteiger partial charge >= 0.3 is 5.97 Å². The van der Waals surface area contributed by atoms with Crippen molar-refractivity contribution < 1.29 is 19.4 Å². The molecule has 2 N–H and O–H groups in total. The van der Waals surface area contributed by atoms with Crippen LogP contribution in [0.3, 0.4) is 0 Å². The average Bonchev–Trinajstić information content (AvgIpc) is 2.27. The van der Waals surface area contributed by atoms with Gasteiger partial charge in [-0.15, -0.1) is 0 Å². The Balaban J connectivity index is 2.93. The fraction of sp³-hybridized carbons (Fsp3) is 0.273. The Kier molecular flexibility index (Phi) is 4.81. The molecule has 7 heteroatoms. The molecule has 0 aromatic heterocycles. The van der Waals surface area contributed by atoms with Gasteiger partial charge in [0.15, 0.2) is 5.75 Å². The molecule has 1 rings (SSSR count). The summed E-state index contributed by atoms with van der Waals surface area (Å²) in [5.41, 5.74) is 0.309. The second-order valence-electron chi connectivity index (χ2n) is 3.52. The highest BCUT2D eigenvalue weighted by Crippen LogP contribution is 2.35. The minimum Gasteiger partial charge on any atom is -0.494 e. The van der Waals surface area contributed by atoms with E-state index in [4.69, 9.17) is 33.0 Å². The lowest BCUT2D eigenvalue weighted by Crippen LogP contribution is -2.26. The molecule has 5 nitrogen and oxygen atoms in total. The van der Waals surface area contributed by atoms with E-state index in [1.165, 1.54) is 26.2 Å². The molecule has 98 valence electrons. The summed E-state index contributed by atoms with van der Waals surface area (Å²) in [4.78, 5) is 22.2. The van der Waals surface area contributed by atoms with Gasteiger partial charge in [-0.3, -0.25) is 9.59 Å². The fourth-order valence-electron chi connectivity index (χ4n) is 1.19. The zero-order valence-electron chi connectivity index (χ0n) is 9.66. The quantitative estimate of drug-likeness (QED) is 0.836. The van der Waals surface area contributed by atoms with Gasteiger partial charge in [-0.1, -0.05) is 23.2 Å². The smallest absolute Gasteiger partial charge is 0.315 e. The topological polar surface area (TPSA) is 75.6 Å². The molecule has 0 bridgehead atoms. The molecule has 1 amide bonds. The van der Waals surface area contributed by atoms with E-state index in [1.807, 2.05) is 0 Å². The van der Waals surface area contributed by atoms with Gasteiger partial charge in [0.1, 0.15) is 5.92 Å². The van der Waals surface area contributed by atoms with Crippen LogP contribution in [-0.4, -0.2) is 24.1 Å². The van der Waals surface area contributed by atoms with Crippen LogP contribution in [0, 0.1) is 5.92 Å². The number of aliphatic carboxylic acids is 1. The number of hydrogen-bond acceptors (Lipinski definition) is 3. The van der Waals surface area contributed by atoms with Crippen LogP contribution >= 0.6 is 23.2 Å². The summed E-state index contributed by atoms with van der Waals surface area (Å²) < 4.78 is 4.95. The first-order valence-electron chi connectivity index (χ1n) is 4.93. The number of carboxylic acid groups (broad SMARTS) is 1. The van der Waals surface area contributed by atoms with Crippen LogP contribution in [0.5, 0.6) is 5.75 Å². The second-order valence-corrected chi connectivity index (χ2v) is 4.34. The van der Waals surface area contributed by atoms with E-state index in [0.29, 0.717) is 11.4 Å². The molecule has 0 aliphatic carbocycles. The number of rotatable bonds is 4. The van der Waals surface area contributed by atoms with E-state index < -0.39 is 17.8 Å². The van der Waals surface area contributed by atoms with Crippen molar-refractivity contribution in [3.05, 3.63) is 22.2 Å². The summed E-state index contributed by atoms with van der Waals surface area (Å²) in [6.07, 6.45) is 0. The van der Waals surface area contributed by atoms with Crippen molar-refractivity contribution in [2.24, 2.45) is 5.92 Å². The first kappa shape index (κ1) is 14.6. The summed E-state index contributed by atoms with van der Waals surface area (Å²) in [5.74, 6) is -2.73. The van der Waals surface area contributed by atoms with E-state index in [1.54, 1.807) is 0 Å². The van der Waals surface area contributed by atoms with Crippen LogP contribution in [0.25, 0.3) is 0 Å². The highest BCUT2D eigenvalue weighted by molar-refractivity contribution is 6.37. The Morgan fingerprint density at radius 2 is 1.83 bits per heavy atom. The normalized spacial score (nSPS) is 11.8. The fourth-order valence-corrected chi connectivity index (χ4v) is 1.83. The van der Waals surface area contributed by atoms with Crippen molar-refractivity contribution in [2.45, 2.75) is 6.92 Å². The maximum Gasteiger partial charge on any atom is 0.315 e. The van der Waals surface area contributed by atoms with Crippen molar-refractivity contribution >= 4 is 40.8 Å². The average molecular weight is 292 g/mol. The molecule has 0 aliphatic rings. The van der Waals surface area contributed by atoms with Crippen molar-refractivity contribution in [1.82, 2.24) is 0 Å². The molecular formula is C11H11Cl2NO4. The lowest BCUT2D eigenvalue weighted by Gasteiger charge is -2.11. The molecular weight excluding hydrogens is 281 g/mol. The predicted molar refractivity (Wildman–Crippen MR) is 68.4 cm³/mol. The SMILES string of the molecule is COc1c(Cl)cc(NC(=O)C(C)C(=O)O)cc1Cl. The zero-order chi connectivity index (χ0) is 13.9. The first-order valence-corrected chi connectivity index (χ1v) is 5.69. The Morgan fingerprint density at radius 3 is 2.22 bits per heavy atom. The Morgan fingerprint density at radius 1 is 1.33 bits per heavy atom. The molecule has 0 heterocycles. The number of methoxy groups -OCH3 is 1. The van der Waals surface area contributed by atoms with E-state index >= 15 is 0 Å². The number of ether oxygens (including phenoxy) is 1. The maximum atomic E-state index is 11.5. The number of halogens is 2. The van der Waals surface area contributed by atoms with Crippen LogP contribution in [0.15, 0.2) is 12.1 Å². The number of hydrogen-bond donors (Lipinski definition) is 2. The molecule has 1 atom stereocenters. The van der Waals surface area contributed by atoms with E-state index in [2.05, 4.69) is 5.32 Å². The zero-order valence-corrected chi connectivity index (χ0v) is 11.2. The van der Waals surface area contributed by atoms with E-state index in [-0.39, 0.29) is 10.0 Å². The number of amides is 1. The van der Waals surface area contributed by atoms with Gasteiger partial charge in [0.2, 0.25) is 5.91 Å². The second kappa shape index (κ2) is 5.93. The van der Waals surface area contributed by atoms with E-state index in [9.17, 15) is 9.59 Å². The standard InChI is InChI=1S/C11H11Cl2NO4/c1-5(11(16)17)10(15)14-6-3-7(12)9(18-2)8(13)4-6/h3-5H,1-2H3,(H,14,15)(H,16,17). The van der Waals surface area contributed by atoms with Crippen molar-refractivity contribution in [3.63, 3.8) is 0 Å². The summed E-state index contributed by atoms with van der Waals surface area (Å²) >= 11 is 11.8. The summed E-state index contributed by atoms with van der Waals surface area (Å²) in [6, 6.07) is 2.86. The molecule has 0 saturated carbocycles. The molecule has 1 aromatic rings. The molecule has 18 heavy (non-hydrogen) atoms. The van der Waals surface area contributed by atoms with E-state index in [0.717, 1.165) is 0 Å². The lowest BCUT2D eigenvalue weighted by atomic mass is 10.1. The minimum absolute atomic E-state index is 0.225. The highest BCUT2D eigenvalue weighted by atomic mass is 35.5. The molecule has 0 saturated heterocycles. The minimum atomic E-state index is -1.21. The third-order valence-corrected chi connectivity index (χ3v) is 2.80. The van der Waals surface area contributed by atoms with Gasteiger partial charge in [0, 0.05) is 5.69 Å². The van der Waals surface area contributed by atoms with Gasteiger partial charge in [0.05, 0.1) is 17.2 Å². The molecule has 0 radical (unpaired) electrons. The van der Waals surface area contributed by atoms with Gasteiger partial charge < -0.3 is 15.2 Å². The summed E-state index contributed by atoms with van der Waals surface area (Å²) in [6.45, 7) is 1.28. The van der Waals surface area contributed by atoms with Crippen LogP contribution in [0.1, 0.15) is 6.92 Å². The van der Waals surface area contributed by atoms with Crippen LogP contribution in [0.4, 0.5) is 5.69 Å². The van der Waals surface area contributed by atoms with Crippen molar-refractivity contribution in [1.29, 1.82) is 0 Å². The number of anilines is 1. The number of carboxylic acids is 1. The van der Waals surface area contributed by atoms with Gasteiger partial charge in [-0.2, -0.15) is 0 Å². The molecule has 0 aliphatic heterocycles. The van der Waals surface area contributed by atoms with Crippen LogP contribution < -0.4 is 10.1 Å². The molecule has 1 unspecified atom stereocenters. The molecule has 0 spiro atoms. The first-order chi connectivity index (χ1) is 8.36. The van der Waals surface area contributed by atoms with Crippen molar-refractivity contribution in [3.8, 4) is 5.75 Å². The number of carbonyl (C=O) groups is 2. The maximum absolute atomic E-state index is 11.5. The highest BCUT2D eigenvalue weighted by Gasteiger charge is 2.21. The third kappa shape index (κ3) is 3.27. The van der Waals surface area contributed by atoms with Crippen LogP contribution in [-0.2, 0) is 9.59 Å². The monoisotopic (exact) mass is 291 g/mol. The van der Waals surface area contributed by atoms with Gasteiger partial charge in [-0.05, 0) is 19.1 Å². The number of nitrogens with one attached hydrogen (secondary N) is 1. The Labute approximate surface area is 114 Å². The summed E-state index contributed by atoms with van der Waals surface area (Å²) in [5, 5.41) is 11.6. The van der Waals surface area contributed by atoms with Crippen molar-refractivity contribution in [2.75, 3.05) is 12.4 Å². The third-order valence-electron chi connectivity index (χ3n) is 2.23. The van der Waals surface area contributed by atoms with Gasteiger partial charge in [0.25, 0.3) is 0 Å². The lowest BCUT2D eigenvalue weighted by molar-refractivity contribution is -0.144. The molecule has 0 fully saturated rings. The van der Waals surface area contributed by atoms with Crippen LogP contribution in [0.2, 0.25) is 10.0 Å². The van der Waals surface area contributed by atoms with Gasteiger partial charge in [-0.25, -0.2) is 0 Å².